The molecule has 33 heavy (non-hydrogen) atoms. The summed E-state index contributed by atoms with van der Waals surface area (Å²) in [7, 11) is 1.61. The number of methoxy groups -OCH3 is 1. The van der Waals surface area contributed by atoms with E-state index in [4.69, 9.17) is 32.7 Å². The average molecular weight is 552 g/mol. The molecule has 0 aliphatic carbocycles. The summed E-state index contributed by atoms with van der Waals surface area (Å²) in [5.41, 5.74) is 3.46. The largest absolute Gasteiger partial charge is 0.493 e. The van der Waals surface area contributed by atoms with Gasteiger partial charge in [-0.25, -0.2) is 0 Å². The molecule has 0 bridgehead atoms. The second-order valence-corrected chi connectivity index (χ2v) is 9.34. The Hall–Kier alpha value is -2.41. The average Bonchev–Trinajstić information content (AvgIpc) is 2.80. The van der Waals surface area contributed by atoms with Gasteiger partial charge in [0.1, 0.15) is 6.61 Å². The lowest BCUT2D eigenvalue weighted by Gasteiger charge is -2.18. The number of hydrogen-bond donors (Lipinski definition) is 2. The smallest absolute Gasteiger partial charge is 0.226 e. The van der Waals surface area contributed by atoms with E-state index < -0.39 is 0 Å². The molecule has 3 rings (SSSR count). The van der Waals surface area contributed by atoms with E-state index in [1.165, 1.54) is 0 Å². The van der Waals surface area contributed by atoms with Gasteiger partial charge in [-0.15, -0.1) is 0 Å². The van der Waals surface area contributed by atoms with Crippen molar-refractivity contribution in [2.45, 2.75) is 27.0 Å². The predicted molar refractivity (Wildman–Crippen MR) is 139 cm³/mol. The zero-order chi connectivity index (χ0) is 24.0. The van der Waals surface area contributed by atoms with Gasteiger partial charge in [-0.2, -0.15) is 0 Å². The van der Waals surface area contributed by atoms with Crippen molar-refractivity contribution in [1.29, 1.82) is 0 Å². The van der Waals surface area contributed by atoms with Gasteiger partial charge in [0.25, 0.3) is 0 Å². The molecule has 2 N–H and O–H groups in total. The summed E-state index contributed by atoms with van der Waals surface area (Å²) in [6.45, 7) is 4.52. The van der Waals surface area contributed by atoms with Gasteiger partial charge in [0.2, 0.25) is 5.91 Å². The van der Waals surface area contributed by atoms with Gasteiger partial charge in [-0.3, -0.25) is 4.79 Å². The number of anilines is 2. The van der Waals surface area contributed by atoms with E-state index in [9.17, 15) is 4.79 Å². The van der Waals surface area contributed by atoms with Crippen LogP contribution in [0.25, 0.3) is 0 Å². The van der Waals surface area contributed by atoms with Crippen molar-refractivity contribution >= 4 is 56.4 Å². The van der Waals surface area contributed by atoms with E-state index in [0.717, 1.165) is 27.0 Å². The summed E-state index contributed by atoms with van der Waals surface area (Å²) in [5.74, 6) is 1.17. The highest BCUT2D eigenvalue weighted by Gasteiger charge is 2.15. The number of hydrogen-bond acceptors (Lipinski definition) is 4. The molecule has 0 aliphatic rings. The molecule has 3 aromatic rings. The van der Waals surface area contributed by atoms with Crippen molar-refractivity contribution in [3.63, 3.8) is 0 Å². The molecule has 5 nitrogen and oxygen atoms in total. The molecule has 0 saturated carbocycles. The molecule has 0 atom stereocenters. The molecule has 0 saturated heterocycles. The SMILES string of the molecule is COc1ccc(Br)c(CNc2ccc(NC(=O)C(C)C)cc2)c1OCc1ccc(Cl)c(Cl)c1. The lowest BCUT2D eigenvalue weighted by molar-refractivity contribution is -0.118. The maximum Gasteiger partial charge on any atom is 0.226 e. The van der Waals surface area contributed by atoms with E-state index in [1.54, 1.807) is 19.2 Å². The van der Waals surface area contributed by atoms with Crippen LogP contribution in [-0.4, -0.2) is 13.0 Å². The number of benzene rings is 3. The monoisotopic (exact) mass is 550 g/mol. The molecule has 0 heterocycles. The fourth-order valence-corrected chi connectivity index (χ4v) is 3.77. The summed E-state index contributed by atoms with van der Waals surface area (Å²) < 4.78 is 12.6. The van der Waals surface area contributed by atoms with Crippen LogP contribution in [0.3, 0.4) is 0 Å². The van der Waals surface area contributed by atoms with Gasteiger partial charge in [0.05, 0.1) is 17.2 Å². The van der Waals surface area contributed by atoms with Crippen LogP contribution in [0.1, 0.15) is 25.0 Å². The quantitative estimate of drug-likeness (QED) is 0.288. The topological polar surface area (TPSA) is 59.6 Å². The molecule has 0 aromatic heterocycles. The van der Waals surface area contributed by atoms with Gasteiger partial charge in [0, 0.05) is 33.9 Å². The van der Waals surface area contributed by atoms with Crippen LogP contribution in [0, 0.1) is 5.92 Å². The lowest BCUT2D eigenvalue weighted by Crippen LogP contribution is -2.17. The Kier molecular flexibility index (Phi) is 8.89. The summed E-state index contributed by atoms with van der Waals surface area (Å²) >= 11 is 15.8. The van der Waals surface area contributed by atoms with Crippen LogP contribution in [0.4, 0.5) is 11.4 Å². The number of nitrogens with one attached hydrogen (secondary N) is 2. The predicted octanol–water partition coefficient (Wildman–Crippen LogP) is 7.55. The molecule has 8 heteroatoms. The Balaban J connectivity index is 1.74. The number of ether oxygens (including phenoxy) is 2. The van der Waals surface area contributed by atoms with Gasteiger partial charge < -0.3 is 20.1 Å². The molecular weight excluding hydrogens is 527 g/mol. The summed E-state index contributed by atoms with van der Waals surface area (Å²) in [5, 5.41) is 7.26. The number of halogens is 3. The van der Waals surface area contributed by atoms with Crippen molar-refractivity contribution in [3.05, 3.63) is 80.2 Å². The van der Waals surface area contributed by atoms with Crippen molar-refractivity contribution in [3.8, 4) is 11.5 Å². The second-order valence-electron chi connectivity index (χ2n) is 7.67. The Morgan fingerprint density at radius 1 is 1.00 bits per heavy atom. The fourth-order valence-electron chi connectivity index (χ4n) is 3.00. The highest BCUT2D eigenvalue weighted by molar-refractivity contribution is 9.10. The van der Waals surface area contributed by atoms with Crippen LogP contribution < -0.4 is 20.1 Å². The van der Waals surface area contributed by atoms with E-state index in [-0.39, 0.29) is 11.8 Å². The molecular formula is C25H25BrCl2N2O3. The van der Waals surface area contributed by atoms with Crippen LogP contribution in [0.15, 0.2) is 59.1 Å². The zero-order valence-corrected chi connectivity index (χ0v) is 21.6. The summed E-state index contributed by atoms with van der Waals surface area (Å²) in [6.07, 6.45) is 0. The van der Waals surface area contributed by atoms with Crippen LogP contribution in [0.5, 0.6) is 11.5 Å². The van der Waals surface area contributed by atoms with Gasteiger partial charge >= 0.3 is 0 Å². The number of amides is 1. The Labute approximate surface area is 212 Å². The molecule has 0 fully saturated rings. The van der Waals surface area contributed by atoms with Crippen molar-refractivity contribution < 1.29 is 14.3 Å². The number of rotatable bonds is 9. The van der Waals surface area contributed by atoms with Gasteiger partial charge in [-0.1, -0.05) is 59.0 Å². The molecule has 1 amide bonds. The van der Waals surface area contributed by atoms with Gasteiger partial charge in [0.15, 0.2) is 11.5 Å². The van der Waals surface area contributed by atoms with Crippen molar-refractivity contribution in [2.75, 3.05) is 17.7 Å². The molecule has 0 spiro atoms. The van der Waals surface area contributed by atoms with Crippen molar-refractivity contribution in [2.24, 2.45) is 5.92 Å². The maximum absolute atomic E-state index is 11.9. The van der Waals surface area contributed by atoms with E-state index in [1.807, 2.05) is 56.3 Å². The molecule has 174 valence electrons. The first-order valence-corrected chi connectivity index (χ1v) is 11.9. The number of carbonyl (C=O) groups excluding carboxylic acids is 1. The molecule has 3 aromatic carbocycles. The first-order chi connectivity index (χ1) is 15.8. The van der Waals surface area contributed by atoms with E-state index >= 15 is 0 Å². The lowest BCUT2D eigenvalue weighted by atomic mass is 10.1. The standard InChI is InChI=1S/C25H25BrCl2N2O3/c1-15(2)25(31)30-18-7-5-17(6-8-18)29-13-19-20(26)9-11-23(32-3)24(19)33-14-16-4-10-21(27)22(28)12-16/h4-12,15,29H,13-14H2,1-3H3,(H,30,31). The minimum absolute atomic E-state index is 0.0141. The van der Waals surface area contributed by atoms with E-state index in [0.29, 0.717) is 34.7 Å². The highest BCUT2D eigenvalue weighted by atomic mass is 79.9. The third-order valence-corrected chi connectivity index (χ3v) is 6.38. The Morgan fingerprint density at radius 2 is 1.70 bits per heavy atom. The van der Waals surface area contributed by atoms with E-state index in [2.05, 4.69) is 26.6 Å². The van der Waals surface area contributed by atoms with Crippen LogP contribution >= 0.6 is 39.1 Å². The van der Waals surface area contributed by atoms with Crippen LogP contribution in [0.2, 0.25) is 10.0 Å². The molecule has 0 radical (unpaired) electrons. The molecule has 0 aliphatic heterocycles. The van der Waals surface area contributed by atoms with Crippen molar-refractivity contribution in [1.82, 2.24) is 0 Å². The maximum atomic E-state index is 11.9. The minimum Gasteiger partial charge on any atom is -0.493 e. The number of carbonyl (C=O) groups is 1. The second kappa shape index (κ2) is 11.6. The van der Waals surface area contributed by atoms with Gasteiger partial charge in [-0.05, 0) is 54.1 Å². The highest BCUT2D eigenvalue weighted by Crippen LogP contribution is 2.37. The summed E-state index contributed by atoms with van der Waals surface area (Å²) in [4.78, 5) is 11.9. The third kappa shape index (κ3) is 6.79. The summed E-state index contributed by atoms with van der Waals surface area (Å²) in [6, 6.07) is 16.7. The normalized spacial score (nSPS) is 10.8. The molecule has 0 unspecified atom stereocenters. The Bertz CT molecular complexity index is 1120. The third-order valence-electron chi connectivity index (χ3n) is 4.90. The zero-order valence-electron chi connectivity index (χ0n) is 18.5. The first kappa shape index (κ1) is 25.2. The Morgan fingerprint density at radius 3 is 2.33 bits per heavy atom. The minimum atomic E-state index is -0.0736. The van der Waals surface area contributed by atoms with Crippen LogP contribution in [-0.2, 0) is 17.9 Å². The first-order valence-electron chi connectivity index (χ1n) is 10.4. The fraction of sp³-hybridized carbons (Fsp3) is 0.240.